The standard InChI is InChI=1S/C29H33NO2/c1-4-5-11-27(17-12-24-9-7-6-8-10-24)30(22-25-13-18-28(31-2)19-14-25)23-26-15-20-29(32-3)21-16-26/h6-10,13-16,18-21,27H,4-5,11,22-23H2,1-3H3/t27-/m0/s1. The molecule has 0 saturated heterocycles. The van der Waals surface area contributed by atoms with E-state index in [2.05, 4.69) is 60.1 Å². The number of unbranched alkanes of at least 4 members (excludes halogenated alkanes) is 1. The lowest BCUT2D eigenvalue weighted by Gasteiger charge is -2.29. The fourth-order valence-corrected chi connectivity index (χ4v) is 3.64. The number of hydrogen-bond acceptors (Lipinski definition) is 3. The maximum absolute atomic E-state index is 5.33. The van der Waals surface area contributed by atoms with Gasteiger partial charge in [-0.3, -0.25) is 4.90 Å². The minimum absolute atomic E-state index is 0.166. The van der Waals surface area contributed by atoms with Gasteiger partial charge in [0.25, 0.3) is 0 Å². The molecule has 0 amide bonds. The fourth-order valence-electron chi connectivity index (χ4n) is 3.64. The Balaban J connectivity index is 1.88. The van der Waals surface area contributed by atoms with Crippen LogP contribution < -0.4 is 9.47 Å². The van der Waals surface area contributed by atoms with Crippen molar-refractivity contribution in [3.8, 4) is 23.3 Å². The molecule has 166 valence electrons. The first kappa shape index (κ1) is 23.4. The van der Waals surface area contributed by atoms with Gasteiger partial charge >= 0.3 is 0 Å². The van der Waals surface area contributed by atoms with Crippen molar-refractivity contribution in [3.05, 3.63) is 95.6 Å². The Morgan fingerprint density at radius 3 is 1.75 bits per heavy atom. The average molecular weight is 428 g/mol. The minimum Gasteiger partial charge on any atom is -0.497 e. The van der Waals surface area contributed by atoms with Crippen molar-refractivity contribution < 1.29 is 9.47 Å². The van der Waals surface area contributed by atoms with Crippen LogP contribution in [0.15, 0.2) is 78.9 Å². The Hall–Kier alpha value is -3.22. The van der Waals surface area contributed by atoms with Gasteiger partial charge in [-0.25, -0.2) is 0 Å². The molecule has 1 atom stereocenters. The summed E-state index contributed by atoms with van der Waals surface area (Å²) in [5.74, 6) is 8.75. The Kier molecular flexibility index (Phi) is 9.22. The molecule has 3 heteroatoms. The van der Waals surface area contributed by atoms with Gasteiger partial charge in [0, 0.05) is 18.7 Å². The van der Waals surface area contributed by atoms with E-state index in [0.717, 1.165) is 49.4 Å². The highest BCUT2D eigenvalue weighted by Crippen LogP contribution is 2.20. The van der Waals surface area contributed by atoms with Gasteiger partial charge in [0.05, 0.1) is 20.3 Å². The number of nitrogens with zero attached hydrogens (tertiary/aromatic N) is 1. The molecule has 0 unspecified atom stereocenters. The molecule has 3 aromatic rings. The van der Waals surface area contributed by atoms with Crippen LogP contribution in [0.1, 0.15) is 42.9 Å². The van der Waals surface area contributed by atoms with Crippen molar-refractivity contribution in [2.45, 2.75) is 45.3 Å². The second-order valence-electron chi connectivity index (χ2n) is 7.89. The summed E-state index contributed by atoms with van der Waals surface area (Å²) in [6.07, 6.45) is 3.35. The molecule has 0 aromatic heterocycles. The van der Waals surface area contributed by atoms with E-state index in [0.29, 0.717) is 0 Å². The number of methoxy groups -OCH3 is 2. The SMILES string of the molecule is CCCC[C@@H](C#Cc1ccccc1)N(Cc1ccc(OC)cc1)Cc1ccc(OC)cc1. The number of hydrogen-bond donors (Lipinski definition) is 0. The summed E-state index contributed by atoms with van der Waals surface area (Å²) in [6.45, 7) is 3.89. The van der Waals surface area contributed by atoms with E-state index < -0.39 is 0 Å². The Morgan fingerprint density at radius 1 is 0.750 bits per heavy atom. The van der Waals surface area contributed by atoms with E-state index in [1.165, 1.54) is 11.1 Å². The topological polar surface area (TPSA) is 21.7 Å². The second-order valence-corrected chi connectivity index (χ2v) is 7.89. The van der Waals surface area contributed by atoms with Gasteiger partial charge in [0.15, 0.2) is 0 Å². The van der Waals surface area contributed by atoms with Crippen molar-refractivity contribution in [2.75, 3.05) is 14.2 Å². The highest BCUT2D eigenvalue weighted by Gasteiger charge is 2.17. The molecule has 0 bridgehead atoms. The molecule has 0 fully saturated rings. The number of rotatable bonds is 10. The smallest absolute Gasteiger partial charge is 0.118 e. The van der Waals surface area contributed by atoms with E-state index in [-0.39, 0.29) is 6.04 Å². The lowest BCUT2D eigenvalue weighted by molar-refractivity contribution is 0.206. The summed E-state index contributed by atoms with van der Waals surface area (Å²) in [4.78, 5) is 2.48. The van der Waals surface area contributed by atoms with Crippen LogP contribution in [0.2, 0.25) is 0 Å². The Labute approximate surface area is 193 Å². The van der Waals surface area contributed by atoms with Gasteiger partial charge in [0.2, 0.25) is 0 Å². The molecule has 0 aliphatic rings. The van der Waals surface area contributed by atoms with Crippen molar-refractivity contribution in [1.29, 1.82) is 0 Å². The van der Waals surface area contributed by atoms with Gasteiger partial charge in [-0.15, -0.1) is 0 Å². The first-order chi connectivity index (χ1) is 15.7. The van der Waals surface area contributed by atoms with Crippen molar-refractivity contribution in [3.63, 3.8) is 0 Å². The zero-order chi connectivity index (χ0) is 22.6. The first-order valence-electron chi connectivity index (χ1n) is 11.3. The van der Waals surface area contributed by atoms with Gasteiger partial charge in [-0.05, 0) is 53.9 Å². The molecule has 0 aliphatic carbocycles. The average Bonchev–Trinajstić information content (AvgIpc) is 2.85. The van der Waals surface area contributed by atoms with E-state index in [1.807, 2.05) is 42.5 Å². The third-order valence-electron chi connectivity index (χ3n) is 5.52. The number of benzene rings is 3. The summed E-state index contributed by atoms with van der Waals surface area (Å²) >= 11 is 0. The molecule has 0 aliphatic heterocycles. The Bertz CT molecular complexity index is 936. The maximum Gasteiger partial charge on any atom is 0.118 e. The van der Waals surface area contributed by atoms with Crippen molar-refractivity contribution >= 4 is 0 Å². The molecule has 3 nitrogen and oxygen atoms in total. The van der Waals surface area contributed by atoms with E-state index in [4.69, 9.17) is 9.47 Å². The molecule has 3 rings (SSSR count). The second kappa shape index (κ2) is 12.6. The molecular formula is C29H33NO2. The lowest BCUT2D eigenvalue weighted by atomic mass is 10.0. The normalized spacial score (nSPS) is 11.5. The highest BCUT2D eigenvalue weighted by atomic mass is 16.5. The quantitative estimate of drug-likeness (QED) is 0.354. The molecule has 0 heterocycles. The van der Waals surface area contributed by atoms with Crippen LogP contribution in [-0.4, -0.2) is 25.2 Å². The maximum atomic E-state index is 5.33. The van der Waals surface area contributed by atoms with E-state index in [1.54, 1.807) is 14.2 Å². The van der Waals surface area contributed by atoms with Gasteiger partial charge in [-0.1, -0.05) is 74.1 Å². The van der Waals surface area contributed by atoms with Gasteiger partial charge in [-0.2, -0.15) is 0 Å². The summed E-state index contributed by atoms with van der Waals surface area (Å²) in [6, 6.07) is 27.1. The van der Waals surface area contributed by atoms with Crippen LogP contribution in [0.4, 0.5) is 0 Å². The third kappa shape index (κ3) is 7.18. The molecule has 32 heavy (non-hydrogen) atoms. The molecule has 0 saturated carbocycles. The summed E-state index contributed by atoms with van der Waals surface area (Å²) < 4.78 is 10.7. The molecule has 0 radical (unpaired) electrons. The van der Waals surface area contributed by atoms with Crippen LogP contribution in [-0.2, 0) is 13.1 Å². The number of ether oxygens (including phenoxy) is 2. The fraction of sp³-hybridized carbons (Fsp3) is 0.310. The molecular weight excluding hydrogens is 394 g/mol. The van der Waals surface area contributed by atoms with Crippen LogP contribution in [0.5, 0.6) is 11.5 Å². The van der Waals surface area contributed by atoms with E-state index >= 15 is 0 Å². The monoisotopic (exact) mass is 427 g/mol. The molecule has 0 N–H and O–H groups in total. The summed E-state index contributed by atoms with van der Waals surface area (Å²) in [5.41, 5.74) is 3.56. The largest absolute Gasteiger partial charge is 0.497 e. The zero-order valence-electron chi connectivity index (χ0n) is 19.4. The third-order valence-corrected chi connectivity index (χ3v) is 5.52. The lowest BCUT2D eigenvalue weighted by Crippen LogP contribution is -2.33. The van der Waals surface area contributed by atoms with Crippen LogP contribution in [0, 0.1) is 11.8 Å². The first-order valence-corrected chi connectivity index (χ1v) is 11.3. The van der Waals surface area contributed by atoms with Crippen molar-refractivity contribution in [1.82, 2.24) is 4.90 Å². The highest BCUT2D eigenvalue weighted by molar-refractivity contribution is 5.35. The van der Waals surface area contributed by atoms with Crippen LogP contribution in [0.25, 0.3) is 0 Å². The molecule has 0 spiro atoms. The van der Waals surface area contributed by atoms with Gasteiger partial charge < -0.3 is 9.47 Å². The predicted molar refractivity (Wildman–Crippen MR) is 132 cm³/mol. The summed E-state index contributed by atoms with van der Waals surface area (Å²) in [5, 5.41) is 0. The van der Waals surface area contributed by atoms with Crippen molar-refractivity contribution in [2.24, 2.45) is 0 Å². The Morgan fingerprint density at radius 2 is 1.28 bits per heavy atom. The minimum atomic E-state index is 0.166. The van der Waals surface area contributed by atoms with Crippen LogP contribution >= 0.6 is 0 Å². The molecule has 3 aromatic carbocycles. The zero-order valence-corrected chi connectivity index (χ0v) is 19.4. The van der Waals surface area contributed by atoms with Gasteiger partial charge in [0.1, 0.15) is 11.5 Å². The van der Waals surface area contributed by atoms with Crippen LogP contribution in [0.3, 0.4) is 0 Å². The predicted octanol–water partition coefficient (Wildman–Crippen LogP) is 6.32. The summed E-state index contributed by atoms with van der Waals surface area (Å²) in [7, 11) is 3.40. The van der Waals surface area contributed by atoms with E-state index in [9.17, 15) is 0 Å².